The zero-order valence-electron chi connectivity index (χ0n) is 11.7. The van der Waals surface area contributed by atoms with E-state index in [1.54, 1.807) is 6.92 Å². The Kier molecular flexibility index (Phi) is 5.03. The van der Waals surface area contributed by atoms with Crippen LogP contribution in [0.1, 0.15) is 40.9 Å². The van der Waals surface area contributed by atoms with Crippen molar-refractivity contribution in [2.24, 2.45) is 5.92 Å². The van der Waals surface area contributed by atoms with E-state index in [4.69, 9.17) is 5.11 Å². The number of nitrogens with one attached hydrogen (secondary N) is 1. The van der Waals surface area contributed by atoms with Crippen LogP contribution in [0.2, 0.25) is 0 Å². The first-order chi connectivity index (χ1) is 9.86. The number of thiophene rings is 1. The third-order valence-electron chi connectivity index (χ3n) is 3.83. The highest BCUT2D eigenvalue weighted by molar-refractivity contribution is 7.89. The average Bonchev–Trinajstić information content (AvgIpc) is 2.82. The van der Waals surface area contributed by atoms with Crippen LogP contribution in [0, 0.1) is 12.8 Å². The largest absolute Gasteiger partial charge is 0.477 e. The van der Waals surface area contributed by atoms with Crippen molar-refractivity contribution in [3.05, 3.63) is 15.8 Å². The topological polar surface area (TPSA) is 104 Å². The molecule has 0 spiro atoms. The molecule has 3 N–H and O–H groups in total. The first kappa shape index (κ1) is 16.4. The molecule has 1 aliphatic carbocycles. The molecule has 2 unspecified atom stereocenters. The molecule has 1 heterocycles. The van der Waals surface area contributed by atoms with E-state index in [0.717, 1.165) is 30.6 Å². The van der Waals surface area contributed by atoms with Gasteiger partial charge in [-0.2, -0.15) is 0 Å². The van der Waals surface area contributed by atoms with Gasteiger partial charge in [0.2, 0.25) is 10.0 Å². The van der Waals surface area contributed by atoms with Crippen LogP contribution in [-0.4, -0.2) is 37.2 Å². The summed E-state index contributed by atoms with van der Waals surface area (Å²) in [5, 5.41) is 20.0. The average molecular weight is 333 g/mol. The van der Waals surface area contributed by atoms with E-state index in [1.165, 1.54) is 5.38 Å². The maximum absolute atomic E-state index is 12.5. The number of hydrogen-bond acceptors (Lipinski definition) is 5. The summed E-state index contributed by atoms with van der Waals surface area (Å²) in [5.74, 6) is -1.35. The SMILES string of the molecule is Cc1csc(C(=O)O)c1S(=O)(=O)NC1CCCCC1CO. The first-order valence-corrected chi connectivity index (χ1v) is 9.17. The van der Waals surface area contributed by atoms with Crippen molar-refractivity contribution >= 4 is 27.3 Å². The second-order valence-corrected chi connectivity index (χ2v) is 7.87. The normalized spacial score (nSPS) is 23.1. The smallest absolute Gasteiger partial charge is 0.347 e. The van der Waals surface area contributed by atoms with E-state index in [9.17, 15) is 18.3 Å². The Morgan fingerprint density at radius 2 is 2.10 bits per heavy atom. The van der Waals surface area contributed by atoms with Gasteiger partial charge in [-0.25, -0.2) is 17.9 Å². The number of carboxylic acid groups (broad SMARTS) is 1. The van der Waals surface area contributed by atoms with Crippen molar-refractivity contribution < 1.29 is 23.4 Å². The summed E-state index contributed by atoms with van der Waals surface area (Å²) in [4.78, 5) is 10.9. The summed E-state index contributed by atoms with van der Waals surface area (Å²) >= 11 is 0.912. The third kappa shape index (κ3) is 3.45. The molecule has 0 amide bonds. The van der Waals surface area contributed by atoms with Crippen molar-refractivity contribution in [1.29, 1.82) is 0 Å². The molecule has 1 saturated carbocycles. The van der Waals surface area contributed by atoms with Crippen molar-refractivity contribution in [1.82, 2.24) is 4.72 Å². The Morgan fingerprint density at radius 1 is 1.43 bits per heavy atom. The molecule has 21 heavy (non-hydrogen) atoms. The van der Waals surface area contributed by atoms with E-state index >= 15 is 0 Å². The fraction of sp³-hybridized carbons (Fsp3) is 0.615. The Morgan fingerprint density at radius 3 is 2.71 bits per heavy atom. The molecule has 0 saturated heterocycles. The molecular weight excluding hydrogens is 314 g/mol. The Balaban J connectivity index is 2.30. The minimum Gasteiger partial charge on any atom is -0.477 e. The summed E-state index contributed by atoms with van der Waals surface area (Å²) < 4.78 is 27.6. The number of aromatic carboxylic acids is 1. The first-order valence-electron chi connectivity index (χ1n) is 6.81. The fourth-order valence-corrected chi connectivity index (χ4v) is 5.72. The van der Waals surface area contributed by atoms with Gasteiger partial charge in [0.25, 0.3) is 0 Å². The quantitative estimate of drug-likeness (QED) is 0.759. The molecule has 6 nitrogen and oxygen atoms in total. The number of sulfonamides is 1. The Labute approximate surface area is 127 Å². The van der Waals surface area contributed by atoms with Gasteiger partial charge in [-0.15, -0.1) is 11.3 Å². The summed E-state index contributed by atoms with van der Waals surface area (Å²) in [6.07, 6.45) is 3.31. The number of hydrogen-bond donors (Lipinski definition) is 3. The molecule has 0 aromatic carbocycles. The molecule has 2 rings (SSSR count). The van der Waals surface area contributed by atoms with Crippen LogP contribution in [-0.2, 0) is 10.0 Å². The zero-order valence-corrected chi connectivity index (χ0v) is 13.3. The van der Waals surface area contributed by atoms with Crippen LogP contribution in [0.3, 0.4) is 0 Å². The predicted octanol–water partition coefficient (Wildman–Crippen LogP) is 1.58. The molecule has 8 heteroatoms. The maximum atomic E-state index is 12.5. The third-order valence-corrected chi connectivity index (χ3v) is 6.72. The van der Waals surface area contributed by atoms with Crippen LogP contribution in [0.4, 0.5) is 0 Å². The van der Waals surface area contributed by atoms with Gasteiger partial charge < -0.3 is 10.2 Å². The summed E-state index contributed by atoms with van der Waals surface area (Å²) in [6.45, 7) is 1.52. The summed E-state index contributed by atoms with van der Waals surface area (Å²) in [7, 11) is -3.90. The monoisotopic (exact) mass is 333 g/mol. The van der Waals surface area contributed by atoms with E-state index in [-0.39, 0.29) is 28.3 Å². The van der Waals surface area contributed by atoms with Gasteiger partial charge in [-0.05, 0) is 36.6 Å². The zero-order chi connectivity index (χ0) is 15.6. The molecule has 1 aromatic rings. The minimum atomic E-state index is -3.90. The standard InChI is InChI=1S/C13H19NO5S2/c1-8-7-20-11(13(16)17)12(8)21(18,19)14-10-5-3-2-4-9(10)6-15/h7,9-10,14-15H,2-6H2,1H3,(H,16,17). The highest BCUT2D eigenvalue weighted by Gasteiger charge is 2.32. The molecule has 1 fully saturated rings. The van der Waals surface area contributed by atoms with Gasteiger partial charge in [0, 0.05) is 12.6 Å². The van der Waals surface area contributed by atoms with Crippen molar-refractivity contribution in [2.45, 2.75) is 43.5 Å². The summed E-state index contributed by atoms with van der Waals surface area (Å²) in [6, 6.07) is -0.338. The lowest BCUT2D eigenvalue weighted by Gasteiger charge is -2.30. The molecule has 0 bridgehead atoms. The number of carboxylic acids is 1. The molecular formula is C13H19NO5S2. The molecule has 0 radical (unpaired) electrons. The fourth-order valence-electron chi connectivity index (χ4n) is 2.75. The van der Waals surface area contributed by atoms with Crippen molar-refractivity contribution in [3.8, 4) is 0 Å². The number of aliphatic hydroxyl groups excluding tert-OH is 1. The second-order valence-electron chi connectivity index (χ2n) is 5.34. The molecule has 0 aliphatic heterocycles. The van der Waals surface area contributed by atoms with Crippen molar-refractivity contribution in [2.75, 3.05) is 6.61 Å². The van der Waals surface area contributed by atoms with Crippen molar-refractivity contribution in [3.63, 3.8) is 0 Å². The highest BCUT2D eigenvalue weighted by Crippen LogP contribution is 2.30. The molecule has 2 atom stereocenters. The van der Waals surface area contributed by atoms with Gasteiger partial charge in [0.15, 0.2) is 0 Å². The van der Waals surface area contributed by atoms with Gasteiger partial charge in [0.1, 0.15) is 9.77 Å². The predicted molar refractivity (Wildman–Crippen MR) is 79.2 cm³/mol. The van der Waals surface area contributed by atoms with Gasteiger partial charge >= 0.3 is 5.97 Å². The lowest BCUT2D eigenvalue weighted by Crippen LogP contribution is -2.43. The van der Waals surface area contributed by atoms with Gasteiger partial charge in [0.05, 0.1) is 0 Å². The second kappa shape index (κ2) is 6.43. The van der Waals surface area contributed by atoms with Crippen LogP contribution in [0.25, 0.3) is 0 Å². The lowest BCUT2D eigenvalue weighted by molar-refractivity contribution is 0.0698. The number of aryl methyl sites for hydroxylation is 1. The summed E-state index contributed by atoms with van der Waals surface area (Å²) in [5.41, 5.74) is 0.432. The number of aliphatic hydroxyl groups is 1. The van der Waals surface area contributed by atoms with Crippen LogP contribution >= 0.6 is 11.3 Å². The number of carbonyl (C=O) groups is 1. The molecule has 1 aromatic heterocycles. The van der Waals surface area contributed by atoms with E-state index in [2.05, 4.69) is 4.72 Å². The van der Waals surface area contributed by atoms with E-state index in [1.807, 2.05) is 0 Å². The van der Waals surface area contributed by atoms with E-state index in [0.29, 0.717) is 12.0 Å². The van der Waals surface area contributed by atoms with Crippen LogP contribution < -0.4 is 4.72 Å². The maximum Gasteiger partial charge on any atom is 0.347 e. The lowest BCUT2D eigenvalue weighted by atomic mass is 9.86. The Hall–Kier alpha value is -0.960. The van der Waals surface area contributed by atoms with Gasteiger partial charge in [-0.1, -0.05) is 12.8 Å². The highest BCUT2D eigenvalue weighted by atomic mass is 32.2. The van der Waals surface area contributed by atoms with Crippen LogP contribution in [0.15, 0.2) is 10.3 Å². The Bertz CT molecular complexity index is 623. The molecule has 118 valence electrons. The van der Waals surface area contributed by atoms with Crippen LogP contribution in [0.5, 0.6) is 0 Å². The minimum absolute atomic E-state index is 0.0679. The van der Waals surface area contributed by atoms with E-state index < -0.39 is 16.0 Å². The molecule has 1 aliphatic rings. The van der Waals surface area contributed by atoms with Gasteiger partial charge in [-0.3, -0.25) is 0 Å². The number of rotatable bonds is 5.